The SMILES string of the molecule is CCOc1cccc(NC(=O)/C(C#N)=C/c2cc(Br)ccc2OCC)c1. The van der Waals surface area contributed by atoms with Gasteiger partial charge in [-0.3, -0.25) is 4.79 Å². The summed E-state index contributed by atoms with van der Waals surface area (Å²) in [5, 5.41) is 12.1. The summed E-state index contributed by atoms with van der Waals surface area (Å²) in [6.07, 6.45) is 1.51. The molecular formula is C20H19BrN2O3. The maximum Gasteiger partial charge on any atom is 0.266 e. The summed E-state index contributed by atoms with van der Waals surface area (Å²) in [6.45, 7) is 4.78. The molecule has 1 N–H and O–H groups in total. The van der Waals surface area contributed by atoms with E-state index >= 15 is 0 Å². The quantitative estimate of drug-likeness (QED) is 0.521. The number of amides is 1. The Kier molecular flexibility index (Phi) is 7.24. The number of nitrogens with zero attached hydrogens (tertiary/aromatic N) is 1. The lowest BCUT2D eigenvalue weighted by Gasteiger charge is -2.09. The van der Waals surface area contributed by atoms with Crippen LogP contribution >= 0.6 is 15.9 Å². The largest absolute Gasteiger partial charge is 0.494 e. The average Bonchev–Trinajstić information content (AvgIpc) is 2.62. The highest BCUT2D eigenvalue weighted by atomic mass is 79.9. The van der Waals surface area contributed by atoms with Gasteiger partial charge in [0.1, 0.15) is 23.1 Å². The van der Waals surface area contributed by atoms with Crippen molar-refractivity contribution in [3.63, 3.8) is 0 Å². The van der Waals surface area contributed by atoms with Gasteiger partial charge in [-0.05, 0) is 50.3 Å². The molecule has 0 aliphatic carbocycles. The van der Waals surface area contributed by atoms with E-state index in [1.54, 1.807) is 36.4 Å². The third-order valence-corrected chi connectivity index (χ3v) is 3.83. The predicted octanol–water partition coefficient (Wildman–Crippen LogP) is 4.79. The van der Waals surface area contributed by atoms with E-state index in [-0.39, 0.29) is 5.57 Å². The van der Waals surface area contributed by atoms with E-state index in [1.165, 1.54) is 6.08 Å². The van der Waals surface area contributed by atoms with E-state index in [0.717, 1.165) is 4.47 Å². The Hall–Kier alpha value is -2.78. The van der Waals surface area contributed by atoms with Crippen molar-refractivity contribution in [2.75, 3.05) is 18.5 Å². The summed E-state index contributed by atoms with van der Waals surface area (Å²) >= 11 is 3.39. The molecule has 2 rings (SSSR count). The standard InChI is InChI=1S/C20H19BrN2O3/c1-3-25-18-7-5-6-17(12-18)23-20(24)15(13-22)10-14-11-16(21)8-9-19(14)26-4-2/h5-12H,3-4H2,1-2H3,(H,23,24)/b15-10+. The van der Waals surface area contributed by atoms with Gasteiger partial charge in [-0.2, -0.15) is 5.26 Å². The number of ether oxygens (including phenoxy) is 2. The van der Waals surface area contributed by atoms with Crippen LogP contribution in [0.4, 0.5) is 5.69 Å². The van der Waals surface area contributed by atoms with E-state index in [0.29, 0.717) is 36.0 Å². The topological polar surface area (TPSA) is 71.3 Å². The number of anilines is 1. The highest BCUT2D eigenvalue weighted by Crippen LogP contribution is 2.26. The van der Waals surface area contributed by atoms with Crippen molar-refractivity contribution in [2.45, 2.75) is 13.8 Å². The van der Waals surface area contributed by atoms with E-state index in [2.05, 4.69) is 21.2 Å². The van der Waals surface area contributed by atoms with Crippen LogP contribution in [-0.4, -0.2) is 19.1 Å². The minimum Gasteiger partial charge on any atom is -0.494 e. The van der Waals surface area contributed by atoms with Crippen LogP contribution in [0.15, 0.2) is 52.5 Å². The Labute approximate surface area is 161 Å². The fraction of sp³-hybridized carbons (Fsp3) is 0.200. The summed E-state index contributed by atoms with van der Waals surface area (Å²) in [5.74, 6) is 0.761. The van der Waals surface area contributed by atoms with Gasteiger partial charge in [0.2, 0.25) is 0 Å². The number of halogens is 1. The molecule has 6 heteroatoms. The number of nitriles is 1. The molecule has 1 amide bonds. The fourth-order valence-corrected chi connectivity index (χ4v) is 2.63. The van der Waals surface area contributed by atoms with Crippen molar-refractivity contribution < 1.29 is 14.3 Å². The van der Waals surface area contributed by atoms with Crippen molar-refractivity contribution in [1.82, 2.24) is 0 Å². The van der Waals surface area contributed by atoms with Crippen molar-refractivity contribution in [2.24, 2.45) is 0 Å². The Morgan fingerprint density at radius 2 is 1.96 bits per heavy atom. The van der Waals surface area contributed by atoms with Crippen LogP contribution in [0.5, 0.6) is 11.5 Å². The molecular weight excluding hydrogens is 396 g/mol. The molecule has 0 aromatic heterocycles. The Morgan fingerprint density at radius 1 is 1.19 bits per heavy atom. The zero-order chi connectivity index (χ0) is 18.9. The van der Waals surface area contributed by atoms with Crippen LogP contribution in [0.25, 0.3) is 6.08 Å². The molecule has 26 heavy (non-hydrogen) atoms. The molecule has 0 aliphatic heterocycles. The first-order chi connectivity index (χ1) is 12.6. The number of nitrogens with one attached hydrogen (secondary N) is 1. The molecule has 0 unspecified atom stereocenters. The summed E-state index contributed by atoms with van der Waals surface area (Å²) in [4.78, 5) is 12.5. The molecule has 0 radical (unpaired) electrons. The molecule has 0 atom stereocenters. The molecule has 0 saturated carbocycles. The zero-order valence-electron chi connectivity index (χ0n) is 14.6. The van der Waals surface area contributed by atoms with Crippen LogP contribution in [0, 0.1) is 11.3 Å². The highest BCUT2D eigenvalue weighted by molar-refractivity contribution is 9.10. The zero-order valence-corrected chi connectivity index (χ0v) is 16.2. The molecule has 0 heterocycles. The number of carbonyl (C=O) groups is 1. The lowest BCUT2D eigenvalue weighted by Crippen LogP contribution is -2.13. The van der Waals surface area contributed by atoms with Crippen molar-refractivity contribution >= 4 is 33.6 Å². The lowest BCUT2D eigenvalue weighted by molar-refractivity contribution is -0.112. The van der Waals surface area contributed by atoms with Crippen LogP contribution in [0.1, 0.15) is 19.4 Å². The molecule has 0 bridgehead atoms. The van der Waals surface area contributed by atoms with Gasteiger partial charge in [0.25, 0.3) is 5.91 Å². The normalized spacial score (nSPS) is 10.8. The van der Waals surface area contributed by atoms with E-state index in [4.69, 9.17) is 9.47 Å². The smallest absolute Gasteiger partial charge is 0.266 e. The molecule has 0 saturated heterocycles. The number of hydrogen-bond donors (Lipinski definition) is 1. The molecule has 2 aromatic carbocycles. The maximum atomic E-state index is 12.5. The van der Waals surface area contributed by atoms with Crippen molar-refractivity contribution in [3.8, 4) is 17.6 Å². The summed E-state index contributed by atoms with van der Waals surface area (Å²) in [7, 11) is 0. The highest BCUT2D eigenvalue weighted by Gasteiger charge is 2.12. The second-order valence-electron chi connectivity index (χ2n) is 5.20. The third-order valence-electron chi connectivity index (χ3n) is 3.34. The van der Waals surface area contributed by atoms with Gasteiger partial charge in [0, 0.05) is 21.8 Å². The van der Waals surface area contributed by atoms with Crippen LogP contribution in [0.3, 0.4) is 0 Å². The molecule has 0 aliphatic rings. The second-order valence-corrected chi connectivity index (χ2v) is 6.12. The number of benzene rings is 2. The monoisotopic (exact) mass is 414 g/mol. The van der Waals surface area contributed by atoms with Gasteiger partial charge in [-0.15, -0.1) is 0 Å². The van der Waals surface area contributed by atoms with Crippen LogP contribution in [-0.2, 0) is 4.79 Å². The number of rotatable bonds is 7. The fourth-order valence-electron chi connectivity index (χ4n) is 2.25. The Bertz CT molecular complexity index is 856. The number of hydrogen-bond acceptors (Lipinski definition) is 4. The molecule has 0 fully saturated rings. The van der Waals surface area contributed by atoms with Gasteiger partial charge < -0.3 is 14.8 Å². The predicted molar refractivity (Wildman–Crippen MR) is 105 cm³/mol. The average molecular weight is 415 g/mol. The van der Waals surface area contributed by atoms with Gasteiger partial charge in [0.15, 0.2) is 0 Å². The van der Waals surface area contributed by atoms with E-state index in [1.807, 2.05) is 26.0 Å². The van der Waals surface area contributed by atoms with Gasteiger partial charge >= 0.3 is 0 Å². The van der Waals surface area contributed by atoms with Gasteiger partial charge in [-0.25, -0.2) is 0 Å². The van der Waals surface area contributed by atoms with Crippen LogP contribution < -0.4 is 14.8 Å². The first-order valence-electron chi connectivity index (χ1n) is 8.15. The second kappa shape index (κ2) is 9.64. The Balaban J connectivity index is 2.26. The third kappa shape index (κ3) is 5.36. The van der Waals surface area contributed by atoms with Crippen LogP contribution in [0.2, 0.25) is 0 Å². The minimum absolute atomic E-state index is 0.0223. The summed E-state index contributed by atoms with van der Waals surface area (Å²) < 4.78 is 11.8. The molecule has 0 spiro atoms. The van der Waals surface area contributed by atoms with Gasteiger partial charge in [-0.1, -0.05) is 22.0 Å². The number of carbonyl (C=O) groups excluding carboxylic acids is 1. The molecule has 2 aromatic rings. The first-order valence-corrected chi connectivity index (χ1v) is 8.95. The summed E-state index contributed by atoms with van der Waals surface area (Å²) in [5.41, 5.74) is 1.18. The van der Waals surface area contributed by atoms with Crippen molar-refractivity contribution in [3.05, 3.63) is 58.1 Å². The summed E-state index contributed by atoms with van der Waals surface area (Å²) in [6, 6.07) is 14.4. The minimum atomic E-state index is -0.497. The van der Waals surface area contributed by atoms with Crippen molar-refractivity contribution in [1.29, 1.82) is 5.26 Å². The van der Waals surface area contributed by atoms with Gasteiger partial charge in [0.05, 0.1) is 13.2 Å². The Morgan fingerprint density at radius 3 is 2.65 bits per heavy atom. The lowest BCUT2D eigenvalue weighted by atomic mass is 10.1. The first kappa shape index (κ1) is 19.5. The van der Waals surface area contributed by atoms with E-state index in [9.17, 15) is 10.1 Å². The molecule has 134 valence electrons. The maximum absolute atomic E-state index is 12.5. The molecule has 5 nitrogen and oxygen atoms in total. The van der Waals surface area contributed by atoms with E-state index < -0.39 is 5.91 Å².